The second-order valence-corrected chi connectivity index (χ2v) is 5.72. The smallest absolute Gasteiger partial charge is 0.100 e. The van der Waals surface area contributed by atoms with E-state index in [1.54, 1.807) is 18.2 Å². The highest BCUT2D eigenvalue weighted by Gasteiger charge is 2.19. The van der Waals surface area contributed by atoms with Crippen molar-refractivity contribution < 1.29 is 0 Å². The molecule has 110 valence electrons. The fraction of sp³-hybridized carbons (Fsp3) is 0.222. The predicted molar refractivity (Wildman–Crippen MR) is 91.6 cm³/mol. The molecule has 3 heteroatoms. The number of hydrogen-bond donors (Lipinski definition) is 2. The van der Waals surface area contributed by atoms with Crippen LogP contribution in [0.3, 0.4) is 0 Å². The van der Waals surface area contributed by atoms with E-state index in [-0.39, 0.29) is 0 Å². The van der Waals surface area contributed by atoms with Gasteiger partial charge in [-0.2, -0.15) is 0 Å². The molecule has 1 aliphatic carbocycles. The zero-order chi connectivity index (χ0) is 15.4. The Hall–Kier alpha value is -1.93. The molecule has 21 heavy (non-hydrogen) atoms. The molecule has 0 saturated heterocycles. The monoisotopic (exact) mass is 300 g/mol. The van der Waals surface area contributed by atoms with Gasteiger partial charge in [0.1, 0.15) is 5.82 Å². The van der Waals surface area contributed by atoms with Crippen LogP contribution in [-0.4, -0.2) is 0 Å². The van der Waals surface area contributed by atoms with Gasteiger partial charge in [-0.15, -0.1) is 0 Å². The highest BCUT2D eigenvalue weighted by molar-refractivity contribution is 6.31. The Balaban J connectivity index is 2.24. The van der Waals surface area contributed by atoms with Gasteiger partial charge in [0, 0.05) is 10.7 Å². The van der Waals surface area contributed by atoms with E-state index in [1.807, 2.05) is 0 Å². The van der Waals surface area contributed by atoms with Gasteiger partial charge in [0.2, 0.25) is 0 Å². The quantitative estimate of drug-likeness (QED) is 0.785. The molecule has 0 radical (unpaired) electrons. The lowest BCUT2D eigenvalue weighted by molar-refractivity contribution is 1.04. The van der Waals surface area contributed by atoms with Crippen molar-refractivity contribution in [2.24, 2.45) is 5.73 Å². The fourth-order valence-corrected chi connectivity index (χ4v) is 2.06. The van der Waals surface area contributed by atoms with E-state index >= 15 is 0 Å². The van der Waals surface area contributed by atoms with E-state index in [0.717, 1.165) is 18.5 Å². The highest BCUT2D eigenvalue weighted by atomic mass is 35.5. The van der Waals surface area contributed by atoms with E-state index < -0.39 is 0 Å². The van der Waals surface area contributed by atoms with Gasteiger partial charge in [0.25, 0.3) is 0 Å². The third-order valence-electron chi connectivity index (χ3n) is 3.54. The molecule has 1 saturated carbocycles. The van der Waals surface area contributed by atoms with E-state index in [0.29, 0.717) is 10.9 Å². The van der Waals surface area contributed by atoms with E-state index in [9.17, 15) is 0 Å². The van der Waals surface area contributed by atoms with Crippen LogP contribution in [0.25, 0.3) is 5.70 Å². The maximum absolute atomic E-state index is 6.03. The average Bonchev–Trinajstić information content (AvgIpc) is 3.29. The first-order chi connectivity index (χ1) is 10.0. The van der Waals surface area contributed by atoms with E-state index in [4.69, 9.17) is 17.3 Å². The van der Waals surface area contributed by atoms with Crippen LogP contribution >= 0.6 is 11.6 Å². The summed E-state index contributed by atoms with van der Waals surface area (Å²) in [5.74, 6) is 0.572. The molecule has 0 unspecified atom stereocenters. The minimum Gasteiger partial charge on any atom is -0.385 e. The molecule has 0 heterocycles. The van der Waals surface area contributed by atoms with Gasteiger partial charge >= 0.3 is 0 Å². The van der Waals surface area contributed by atoms with Crippen molar-refractivity contribution in [3.8, 4) is 0 Å². The van der Waals surface area contributed by atoms with Crippen molar-refractivity contribution >= 4 is 17.3 Å². The summed E-state index contributed by atoms with van der Waals surface area (Å²) in [7, 11) is 0. The Kier molecular flexibility index (Phi) is 4.92. The van der Waals surface area contributed by atoms with Crippen LogP contribution in [0.1, 0.15) is 29.5 Å². The Morgan fingerprint density at radius 1 is 1.24 bits per heavy atom. The second-order valence-electron chi connectivity index (χ2n) is 5.28. The lowest BCUT2D eigenvalue weighted by Gasteiger charge is -2.13. The number of nitrogens with one attached hydrogen (secondary N) is 1. The summed E-state index contributed by atoms with van der Waals surface area (Å²) in [6.45, 7) is 7.85. The van der Waals surface area contributed by atoms with Crippen molar-refractivity contribution in [3.05, 3.63) is 76.1 Å². The Bertz CT molecular complexity index is 645. The molecule has 1 aromatic rings. The zero-order valence-corrected chi connectivity index (χ0v) is 13.3. The highest BCUT2D eigenvalue weighted by Crippen LogP contribution is 2.35. The number of nitrogens with two attached hydrogens (primary N) is 1. The SMILES string of the molecule is C=C/C(Cl)=C\C=C(/N)NC(=C1CC1)c1ccc(C)c(C)c1. The summed E-state index contributed by atoms with van der Waals surface area (Å²) < 4.78 is 0. The third kappa shape index (κ3) is 4.27. The first kappa shape index (κ1) is 15.5. The van der Waals surface area contributed by atoms with Crippen molar-refractivity contribution in [2.45, 2.75) is 26.7 Å². The van der Waals surface area contributed by atoms with Crippen LogP contribution in [0, 0.1) is 13.8 Å². The molecule has 0 atom stereocenters. The van der Waals surface area contributed by atoms with E-state index in [1.165, 1.54) is 22.3 Å². The maximum Gasteiger partial charge on any atom is 0.100 e. The molecule has 2 nitrogen and oxygen atoms in total. The van der Waals surface area contributed by atoms with Crippen molar-refractivity contribution in [2.75, 3.05) is 0 Å². The summed E-state index contributed by atoms with van der Waals surface area (Å²) in [6.07, 6.45) is 7.33. The lowest BCUT2D eigenvalue weighted by atomic mass is 10.0. The number of allylic oxidation sites excluding steroid dienone is 5. The van der Waals surface area contributed by atoms with Crippen LogP contribution in [0.15, 0.2) is 59.4 Å². The van der Waals surface area contributed by atoms with E-state index in [2.05, 4.69) is 43.9 Å². The average molecular weight is 301 g/mol. The molecule has 0 aromatic heterocycles. The lowest BCUT2D eigenvalue weighted by Crippen LogP contribution is -2.18. The molecular formula is C18H21ClN2. The van der Waals surface area contributed by atoms with Crippen molar-refractivity contribution in [1.82, 2.24) is 5.32 Å². The number of aryl methyl sites for hydroxylation is 2. The molecule has 0 bridgehead atoms. The molecule has 1 aliphatic rings. The standard InChI is InChI=1S/C18H21ClN2/c1-4-16(19)9-10-17(20)21-18(14-7-8-14)15-6-5-12(2)13(3)11-15/h4-6,9-11,21H,1,7-8,20H2,2-3H3/b16-9+,17-10+. The minimum atomic E-state index is 0.562. The normalized spacial score (nSPS) is 14.9. The number of hydrogen-bond acceptors (Lipinski definition) is 2. The van der Waals surface area contributed by atoms with Gasteiger partial charge in [-0.3, -0.25) is 0 Å². The molecule has 0 aliphatic heterocycles. The zero-order valence-electron chi connectivity index (χ0n) is 12.5. The van der Waals surface area contributed by atoms with Gasteiger partial charge < -0.3 is 11.1 Å². The van der Waals surface area contributed by atoms with Gasteiger partial charge in [-0.1, -0.05) is 36.4 Å². The Morgan fingerprint density at radius 3 is 2.52 bits per heavy atom. The van der Waals surface area contributed by atoms with Gasteiger partial charge in [0.05, 0.1) is 0 Å². The maximum atomic E-state index is 6.03. The second kappa shape index (κ2) is 6.68. The largest absolute Gasteiger partial charge is 0.385 e. The predicted octanol–water partition coefficient (Wildman–Crippen LogP) is 4.51. The molecule has 0 amide bonds. The summed E-state index contributed by atoms with van der Waals surface area (Å²) >= 11 is 5.88. The summed E-state index contributed by atoms with van der Waals surface area (Å²) in [5, 5.41) is 3.86. The number of halogens is 1. The number of benzene rings is 1. The van der Waals surface area contributed by atoms with Gasteiger partial charge in [-0.25, -0.2) is 0 Å². The molecule has 1 fully saturated rings. The van der Waals surface area contributed by atoms with Crippen LogP contribution in [0.4, 0.5) is 0 Å². The summed E-state index contributed by atoms with van der Waals surface area (Å²) in [4.78, 5) is 0. The first-order valence-corrected chi connectivity index (χ1v) is 7.41. The topological polar surface area (TPSA) is 38.0 Å². The van der Waals surface area contributed by atoms with Crippen LogP contribution in [0.2, 0.25) is 0 Å². The summed E-state index contributed by atoms with van der Waals surface area (Å²) in [6, 6.07) is 6.47. The van der Waals surface area contributed by atoms with Crippen LogP contribution in [0.5, 0.6) is 0 Å². The number of rotatable bonds is 5. The Morgan fingerprint density at radius 2 is 1.95 bits per heavy atom. The molecular weight excluding hydrogens is 280 g/mol. The van der Waals surface area contributed by atoms with Crippen molar-refractivity contribution in [3.63, 3.8) is 0 Å². The molecule has 0 spiro atoms. The molecule has 3 N–H and O–H groups in total. The fourth-order valence-electron chi connectivity index (χ4n) is 2.00. The van der Waals surface area contributed by atoms with Crippen LogP contribution in [-0.2, 0) is 0 Å². The Labute approximate surface area is 131 Å². The first-order valence-electron chi connectivity index (χ1n) is 7.03. The molecule has 2 rings (SSSR count). The van der Waals surface area contributed by atoms with Crippen molar-refractivity contribution in [1.29, 1.82) is 0 Å². The van der Waals surface area contributed by atoms with Gasteiger partial charge in [0.15, 0.2) is 0 Å². The van der Waals surface area contributed by atoms with Gasteiger partial charge in [-0.05, 0) is 67.2 Å². The third-order valence-corrected chi connectivity index (χ3v) is 3.82. The minimum absolute atomic E-state index is 0.562. The molecule has 1 aromatic carbocycles. The summed E-state index contributed by atoms with van der Waals surface area (Å²) in [5.41, 5.74) is 12.3. The van der Waals surface area contributed by atoms with Crippen LogP contribution < -0.4 is 11.1 Å².